The highest BCUT2D eigenvalue weighted by atomic mass is 15.1. The van der Waals surface area contributed by atoms with Crippen LogP contribution in [0.3, 0.4) is 0 Å². The van der Waals surface area contributed by atoms with Crippen LogP contribution in [0, 0.1) is 12.3 Å². The summed E-state index contributed by atoms with van der Waals surface area (Å²) in [5, 5.41) is 3.57. The Kier molecular flexibility index (Phi) is 4.27. The summed E-state index contributed by atoms with van der Waals surface area (Å²) in [6, 6.07) is 1.10. The van der Waals surface area contributed by atoms with E-state index in [2.05, 4.69) is 30.1 Å². The summed E-state index contributed by atoms with van der Waals surface area (Å²) >= 11 is 0. The second kappa shape index (κ2) is 5.26. The predicted octanol–water partition coefficient (Wildman–Crippen LogP) is 1.08. The average molecular weight is 180 g/mol. The summed E-state index contributed by atoms with van der Waals surface area (Å²) in [6.45, 7) is 4.56. The molecule has 2 nitrogen and oxygen atoms in total. The van der Waals surface area contributed by atoms with Gasteiger partial charge < -0.3 is 10.2 Å². The van der Waals surface area contributed by atoms with Crippen LogP contribution in [0.4, 0.5) is 0 Å². The van der Waals surface area contributed by atoms with Gasteiger partial charge in [-0.1, -0.05) is 0 Å². The van der Waals surface area contributed by atoms with E-state index in [-0.39, 0.29) is 0 Å². The number of likely N-dealkylation sites (N-methyl/N-ethyl adjacent to an activating group) is 1. The Balaban J connectivity index is 2.24. The second-order valence-corrected chi connectivity index (χ2v) is 4.08. The Morgan fingerprint density at radius 2 is 2.46 bits per heavy atom. The Bertz CT molecular complexity index is 183. The van der Waals surface area contributed by atoms with Crippen molar-refractivity contribution < 1.29 is 0 Å². The zero-order valence-corrected chi connectivity index (χ0v) is 8.71. The van der Waals surface area contributed by atoms with E-state index in [1.165, 1.54) is 19.4 Å². The van der Waals surface area contributed by atoms with E-state index in [0.29, 0.717) is 12.1 Å². The third-order valence-corrected chi connectivity index (χ3v) is 2.57. The molecule has 0 aliphatic carbocycles. The first-order valence-corrected chi connectivity index (χ1v) is 5.10. The van der Waals surface area contributed by atoms with Gasteiger partial charge in [0.25, 0.3) is 0 Å². The third kappa shape index (κ3) is 3.80. The van der Waals surface area contributed by atoms with E-state index < -0.39 is 0 Å². The molecule has 0 aromatic heterocycles. The highest BCUT2D eigenvalue weighted by Crippen LogP contribution is 2.08. The molecule has 0 aromatic carbocycles. The minimum atomic E-state index is 0.460. The molecule has 1 aliphatic heterocycles. The highest BCUT2D eigenvalue weighted by molar-refractivity contribution is 4.90. The van der Waals surface area contributed by atoms with Crippen molar-refractivity contribution in [3.05, 3.63) is 0 Å². The number of rotatable bonds is 3. The van der Waals surface area contributed by atoms with Gasteiger partial charge in [0.05, 0.1) is 0 Å². The van der Waals surface area contributed by atoms with Crippen molar-refractivity contribution in [2.75, 3.05) is 20.1 Å². The largest absolute Gasteiger partial charge is 0.309 e. The summed E-state index contributed by atoms with van der Waals surface area (Å²) in [5.41, 5.74) is 0. The van der Waals surface area contributed by atoms with Crippen LogP contribution in [0.2, 0.25) is 0 Å². The standard InChI is InChI=1S/C11H20N2/c1-4-6-10(2)12-11-7-5-8-13(3)9-11/h1,10-12H,5-9H2,2-3H3. The summed E-state index contributed by atoms with van der Waals surface area (Å²) in [6.07, 6.45) is 8.69. The zero-order valence-electron chi connectivity index (χ0n) is 8.71. The van der Waals surface area contributed by atoms with Gasteiger partial charge in [-0.05, 0) is 33.4 Å². The fourth-order valence-electron chi connectivity index (χ4n) is 1.94. The minimum absolute atomic E-state index is 0.460. The van der Waals surface area contributed by atoms with E-state index in [1.54, 1.807) is 0 Å². The van der Waals surface area contributed by atoms with E-state index in [0.717, 1.165) is 13.0 Å². The zero-order chi connectivity index (χ0) is 9.68. The van der Waals surface area contributed by atoms with Crippen molar-refractivity contribution in [2.24, 2.45) is 0 Å². The van der Waals surface area contributed by atoms with Crippen molar-refractivity contribution in [2.45, 2.75) is 38.3 Å². The molecule has 1 aliphatic rings. The Morgan fingerprint density at radius 3 is 3.08 bits per heavy atom. The molecule has 74 valence electrons. The summed E-state index contributed by atoms with van der Waals surface area (Å²) in [7, 11) is 2.18. The highest BCUT2D eigenvalue weighted by Gasteiger charge is 2.17. The lowest BCUT2D eigenvalue weighted by molar-refractivity contribution is 0.219. The lowest BCUT2D eigenvalue weighted by atomic mass is 10.0. The molecule has 13 heavy (non-hydrogen) atoms. The van der Waals surface area contributed by atoms with Crippen molar-refractivity contribution in [3.8, 4) is 12.3 Å². The Labute approximate surface area is 81.7 Å². The fraction of sp³-hybridized carbons (Fsp3) is 0.818. The van der Waals surface area contributed by atoms with Crippen LogP contribution < -0.4 is 5.32 Å². The lowest BCUT2D eigenvalue weighted by Gasteiger charge is -2.32. The van der Waals surface area contributed by atoms with Gasteiger partial charge in [0.1, 0.15) is 0 Å². The quantitative estimate of drug-likeness (QED) is 0.654. The number of likely N-dealkylation sites (tertiary alicyclic amines) is 1. The van der Waals surface area contributed by atoms with Gasteiger partial charge in [-0.15, -0.1) is 12.3 Å². The third-order valence-electron chi connectivity index (χ3n) is 2.57. The number of nitrogens with one attached hydrogen (secondary N) is 1. The van der Waals surface area contributed by atoms with Crippen molar-refractivity contribution in [1.29, 1.82) is 0 Å². The van der Waals surface area contributed by atoms with Crippen LogP contribution in [-0.4, -0.2) is 37.1 Å². The van der Waals surface area contributed by atoms with Crippen molar-refractivity contribution >= 4 is 0 Å². The molecule has 0 bridgehead atoms. The molecule has 0 aromatic rings. The molecular weight excluding hydrogens is 160 g/mol. The van der Waals surface area contributed by atoms with E-state index >= 15 is 0 Å². The average Bonchev–Trinajstić information content (AvgIpc) is 2.04. The van der Waals surface area contributed by atoms with Gasteiger partial charge >= 0.3 is 0 Å². The second-order valence-electron chi connectivity index (χ2n) is 4.08. The first kappa shape index (κ1) is 10.6. The SMILES string of the molecule is C#CCC(C)NC1CCCN(C)C1. The number of terminal acetylenes is 1. The molecule has 1 heterocycles. The van der Waals surface area contributed by atoms with Crippen LogP contribution in [0.5, 0.6) is 0 Å². The topological polar surface area (TPSA) is 15.3 Å². The fourth-order valence-corrected chi connectivity index (χ4v) is 1.94. The van der Waals surface area contributed by atoms with Gasteiger partial charge in [0.2, 0.25) is 0 Å². The molecule has 0 saturated carbocycles. The monoisotopic (exact) mass is 180 g/mol. The first-order valence-electron chi connectivity index (χ1n) is 5.10. The molecule has 1 fully saturated rings. The molecule has 0 spiro atoms. The summed E-state index contributed by atoms with van der Waals surface area (Å²) in [5.74, 6) is 2.69. The number of piperidine rings is 1. The van der Waals surface area contributed by atoms with Crippen LogP contribution in [-0.2, 0) is 0 Å². The summed E-state index contributed by atoms with van der Waals surface area (Å²) < 4.78 is 0. The van der Waals surface area contributed by atoms with Crippen LogP contribution in [0.15, 0.2) is 0 Å². The minimum Gasteiger partial charge on any atom is -0.309 e. The smallest absolute Gasteiger partial charge is 0.0238 e. The molecule has 0 radical (unpaired) electrons. The first-order chi connectivity index (χ1) is 6.22. The van der Waals surface area contributed by atoms with E-state index in [1.807, 2.05) is 0 Å². The molecule has 2 unspecified atom stereocenters. The molecule has 2 atom stereocenters. The molecule has 1 N–H and O–H groups in total. The number of hydrogen-bond donors (Lipinski definition) is 1. The maximum absolute atomic E-state index is 5.26. The molecule has 1 saturated heterocycles. The van der Waals surface area contributed by atoms with Crippen molar-refractivity contribution in [3.63, 3.8) is 0 Å². The van der Waals surface area contributed by atoms with Crippen LogP contribution in [0.1, 0.15) is 26.2 Å². The number of hydrogen-bond acceptors (Lipinski definition) is 2. The molecule has 2 heteroatoms. The van der Waals surface area contributed by atoms with Gasteiger partial charge in [-0.3, -0.25) is 0 Å². The van der Waals surface area contributed by atoms with E-state index in [4.69, 9.17) is 6.42 Å². The Hall–Kier alpha value is -0.520. The van der Waals surface area contributed by atoms with Gasteiger partial charge in [-0.25, -0.2) is 0 Å². The molecular formula is C11H20N2. The molecule has 1 rings (SSSR count). The maximum atomic E-state index is 5.26. The number of nitrogens with zero attached hydrogens (tertiary/aromatic N) is 1. The van der Waals surface area contributed by atoms with E-state index in [9.17, 15) is 0 Å². The van der Waals surface area contributed by atoms with Gasteiger partial charge in [0.15, 0.2) is 0 Å². The van der Waals surface area contributed by atoms with Gasteiger partial charge in [-0.2, -0.15) is 0 Å². The Morgan fingerprint density at radius 1 is 1.69 bits per heavy atom. The van der Waals surface area contributed by atoms with Crippen LogP contribution >= 0.6 is 0 Å². The molecule has 0 amide bonds. The van der Waals surface area contributed by atoms with Crippen molar-refractivity contribution in [1.82, 2.24) is 10.2 Å². The van der Waals surface area contributed by atoms with Crippen LogP contribution in [0.25, 0.3) is 0 Å². The maximum Gasteiger partial charge on any atom is 0.0238 e. The van der Waals surface area contributed by atoms with Gasteiger partial charge in [0, 0.05) is 25.0 Å². The predicted molar refractivity (Wildman–Crippen MR) is 56.6 cm³/mol. The normalized spacial score (nSPS) is 26.7. The summed E-state index contributed by atoms with van der Waals surface area (Å²) in [4.78, 5) is 2.38. The lowest BCUT2D eigenvalue weighted by Crippen LogP contribution is -2.47.